The fourth-order valence-corrected chi connectivity index (χ4v) is 3.60. The Hall–Kier alpha value is -1.20. The monoisotopic (exact) mass is 421 g/mol. The fraction of sp³-hybridized carbons (Fsp3) is 0.357. The first-order chi connectivity index (χ1) is 11.1. The van der Waals surface area contributed by atoms with Crippen LogP contribution in [0.15, 0.2) is 30.3 Å². The van der Waals surface area contributed by atoms with Gasteiger partial charge in [0.2, 0.25) is 5.06 Å². The Kier molecular flexibility index (Phi) is 3.96. The molecule has 10 heteroatoms. The molecule has 5 atom stereocenters. The number of nitrogens with one attached hydrogen (secondary N) is 1. The van der Waals surface area contributed by atoms with Crippen molar-refractivity contribution in [2.75, 3.05) is 0 Å². The first kappa shape index (κ1) is 17.6. The summed E-state index contributed by atoms with van der Waals surface area (Å²) in [6, 6.07) is 8.15. The van der Waals surface area contributed by atoms with Gasteiger partial charge < -0.3 is 35.3 Å². The van der Waals surface area contributed by atoms with Gasteiger partial charge in [0, 0.05) is 5.52 Å². The van der Waals surface area contributed by atoms with Crippen molar-refractivity contribution in [1.29, 1.82) is 0 Å². The lowest BCUT2D eigenvalue weighted by atomic mass is 9.80. The van der Waals surface area contributed by atoms with Crippen molar-refractivity contribution in [3.05, 3.63) is 36.0 Å². The Bertz CT molecular complexity index is 778. The van der Waals surface area contributed by atoms with Crippen molar-refractivity contribution in [2.45, 2.75) is 27.6 Å². The number of H-pyrrole nitrogens is 1. The van der Waals surface area contributed by atoms with Crippen molar-refractivity contribution < 1.29 is 35.1 Å². The number of hydrogen-bond donors (Lipinski definition) is 6. The van der Waals surface area contributed by atoms with Gasteiger partial charge in [-0.2, -0.15) is 0 Å². The molecule has 2 aromatic rings. The highest BCUT2D eigenvalue weighted by Crippen LogP contribution is 2.54. The van der Waals surface area contributed by atoms with Crippen molar-refractivity contribution in [1.82, 2.24) is 4.98 Å². The molecular formula is C14H13BrClNO7. The number of aromatic nitrogens is 1. The second-order valence-electron chi connectivity index (χ2n) is 5.51. The maximum absolute atomic E-state index is 11.5. The molecule has 1 fully saturated rings. The number of aliphatic carboxylic acids is 1. The minimum atomic E-state index is -3.08. The van der Waals surface area contributed by atoms with Crippen LogP contribution in [0, 0.1) is 0 Å². The first-order valence-electron chi connectivity index (χ1n) is 6.74. The number of carboxylic acids is 1. The molecule has 24 heavy (non-hydrogen) atoms. The van der Waals surface area contributed by atoms with Gasteiger partial charge in [0.05, 0.1) is 5.69 Å². The normalized spacial score (nSPS) is 39.9. The Morgan fingerprint density at radius 3 is 2.50 bits per heavy atom. The zero-order chi connectivity index (χ0) is 17.9. The lowest BCUT2D eigenvalue weighted by Gasteiger charge is -2.52. The number of benzene rings is 1. The predicted molar refractivity (Wildman–Crippen MR) is 85.4 cm³/mol. The number of para-hydroxylation sites is 1. The Morgan fingerprint density at radius 2 is 1.92 bits per heavy atom. The zero-order valence-corrected chi connectivity index (χ0v) is 14.2. The smallest absolute Gasteiger partial charge is 0.352 e. The van der Waals surface area contributed by atoms with Crippen molar-refractivity contribution in [3.8, 4) is 0 Å². The number of halogens is 2. The number of hydrogen-bond acceptors (Lipinski definition) is 6. The van der Waals surface area contributed by atoms with Crippen LogP contribution in [-0.2, 0) is 15.1 Å². The van der Waals surface area contributed by atoms with E-state index in [1.165, 1.54) is 6.07 Å². The van der Waals surface area contributed by atoms with E-state index < -0.39 is 33.5 Å². The number of aliphatic hydroxyl groups excluding tert-OH is 2. The number of carboxylic acid groups (broad SMARTS) is 1. The van der Waals surface area contributed by atoms with E-state index >= 15 is 0 Å². The van der Waals surface area contributed by atoms with Crippen molar-refractivity contribution in [3.63, 3.8) is 0 Å². The van der Waals surface area contributed by atoms with Gasteiger partial charge in [-0.05, 0) is 33.4 Å². The van der Waals surface area contributed by atoms with Gasteiger partial charge in [0.25, 0.3) is 4.51 Å². The summed E-state index contributed by atoms with van der Waals surface area (Å²) in [6.45, 7) is 0. The Morgan fingerprint density at radius 1 is 1.29 bits per heavy atom. The largest absolute Gasteiger partial charge is 0.478 e. The standard InChI is InChI=1S/C14H13BrClNO7/c15-13(11(20)21)14(16,23)12(22,9(18)10(19)24-13)8-5-6-3-1-2-4-7(6)17-8/h1-5,9-10,17-19,22-23H,(H,20,21)/t9-,10+,12+,13+,14-/m0/s1. The molecule has 0 amide bonds. The van der Waals surface area contributed by atoms with E-state index in [0.717, 1.165) is 0 Å². The summed E-state index contributed by atoms with van der Waals surface area (Å²) in [4.78, 5) is 14.3. The molecule has 6 N–H and O–H groups in total. The molecule has 8 nitrogen and oxygen atoms in total. The van der Waals surface area contributed by atoms with Crippen LogP contribution in [0.1, 0.15) is 5.69 Å². The molecule has 0 radical (unpaired) electrons. The molecule has 1 saturated heterocycles. The topological polar surface area (TPSA) is 143 Å². The molecular weight excluding hydrogens is 410 g/mol. The quantitative estimate of drug-likeness (QED) is 0.379. The van der Waals surface area contributed by atoms with Gasteiger partial charge in [0.1, 0.15) is 6.10 Å². The van der Waals surface area contributed by atoms with E-state index in [-0.39, 0.29) is 5.69 Å². The minimum Gasteiger partial charge on any atom is -0.478 e. The molecule has 0 saturated carbocycles. The Labute approximate surface area is 148 Å². The third-order valence-electron chi connectivity index (χ3n) is 4.13. The summed E-state index contributed by atoms with van der Waals surface area (Å²) in [5, 5.41) is 48.6. The number of rotatable bonds is 2. The predicted octanol–water partition coefficient (Wildman–Crippen LogP) is 0.168. The van der Waals surface area contributed by atoms with Crippen LogP contribution in [0.2, 0.25) is 0 Å². The number of alkyl halides is 2. The molecule has 1 aromatic carbocycles. The van der Waals surface area contributed by atoms with Crippen LogP contribution in [0.25, 0.3) is 10.9 Å². The van der Waals surface area contributed by atoms with Crippen molar-refractivity contribution >= 4 is 44.4 Å². The second-order valence-corrected chi connectivity index (χ2v) is 7.18. The molecule has 0 unspecified atom stereocenters. The number of aromatic amines is 1. The zero-order valence-electron chi connectivity index (χ0n) is 11.8. The summed E-state index contributed by atoms with van der Waals surface area (Å²) >= 11 is 8.58. The molecule has 0 aliphatic carbocycles. The van der Waals surface area contributed by atoms with Gasteiger partial charge >= 0.3 is 5.97 Å². The van der Waals surface area contributed by atoms with Crippen molar-refractivity contribution in [2.24, 2.45) is 0 Å². The third-order valence-corrected chi connectivity index (χ3v) is 6.01. The SMILES string of the molecule is O=C(O)[C@@]1(Br)O[C@@H](O)[C@H](O)[C@](O)(c2cc3ccccc3[nH]2)[C@@]1(O)Cl. The van der Waals surface area contributed by atoms with Crippen LogP contribution in [0.5, 0.6) is 0 Å². The van der Waals surface area contributed by atoms with Crippen LogP contribution < -0.4 is 0 Å². The van der Waals surface area contributed by atoms with Gasteiger partial charge in [-0.15, -0.1) is 0 Å². The molecule has 1 aliphatic heterocycles. The summed E-state index contributed by atoms with van der Waals surface area (Å²) in [5.74, 6) is -1.81. The molecule has 130 valence electrons. The van der Waals surface area contributed by atoms with E-state index in [2.05, 4.69) is 20.9 Å². The number of ether oxygens (including phenoxy) is 1. The lowest BCUT2D eigenvalue weighted by molar-refractivity contribution is -0.340. The van der Waals surface area contributed by atoms with Crippen LogP contribution in [0.4, 0.5) is 0 Å². The van der Waals surface area contributed by atoms with E-state index in [0.29, 0.717) is 10.9 Å². The average Bonchev–Trinajstić information content (AvgIpc) is 2.95. The third kappa shape index (κ3) is 2.07. The summed E-state index contributed by atoms with van der Waals surface area (Å²) < 4.78 is 1.94. The summed E-state index contributed by atoms with van der Waals surface area (Å²) in [7, 11) is 0. The maximum Gasteiger partial charge on any atom is 0.352 e. The Balaban J connectivity index is 2.25. The van der Waals surface area contributed by atoms with Crippen LogP contribution >= 0.6 is 27.5 Å². The van der Waals surface area contributed by atoms with Gasteiger partial charge in [-0.1, -0.05) is 29.8 Å². The number of aliphatic hydroxyl groups is 4. The number of carbonyl (C=O) groups is 1. The van der Waals surface area contributed by atoms with Gasteiger partial charge in [-0.3, -0.25) is 0 Å². The summed E-state index contributed by atoms with van der Waals surface area (Å²) in [5.41, 5.74) is -2.45. The second kappa shape index (κ2) is 5.40. The highest BCUT2D eigenvalue weighted by atomic mass is 79.9. The van der Waals surface area contributed by atoms with E-state index in [1.54, 1.807) is 24.3 Å². The summed E-state index contributed by atoms with van der Waals surface area (Å²) in [6.07, 6.45) is -4.28. The van der Waals surface area contributed by atoms with E-state index in [9.17, 15) is 30.3 Å². The lowest BCUT2D eigenvalue weighted by Crippen LogP contribution is -2.75. The van der Waals surface area contributed by atoms with Crippen LogP contribution in [0.3, 0.4) is 0 Å². The van der Waals surface area contributed by atoms with Crippen LogP contribution in [-0.4, -0.2) is 58.5 Å². The molecule has 1 aliphatic rings. The maximum atomic E-state index is 11.5. The molecule has 0 bridgehead atoms. The highest BCUT2D eigenvalue weighted by Gasteiger charge is 2.75. The number of fused-ring (bicyclic) bond motifs is 1. The minimum absolute atomic E-state index is 0.193. The first-order valence-corrected chi connectivity index (χ1v) is 7.91. The molecule has 3 rings (SSSR count). The molecule has 1 aromatic heterocycles. The molecule has 0 spiro atoms. The average molecular weight is 423 g/mol. The molecule has 2 heterocycles. The van der Waals surface area contributed by atoms with Gasteiger partial charge in [-0.25, -0.2) is 4.79 Å². The van der Waals surface area contributed by atoms with E-state index in [4.69, 9.17) is 16.3 Å². The fourth-order valence-electron chi connectivity index (χ4n) is 2.76. The van der Waals surface area contributed by atoms with E-state index in [1.807, 2.05) is 0 Å². The van der Waals surface area contributed by atoms with Gasteiger partial charge in [0.15, 0.2) is 11.9 Å². The highest BCUT2D eigenvalue weighted by molar-refractivity contribution is 9.10.